The number of allylic oxidation sites excluding steroid dienone is 1. The van der Waals surface area contributed by atoms with Crippen LogP contribution in [-0.4, -0.2) is 77.5 Å². The SMILES string of the molecule is C=NN(/C(NC)=C(/C)CC1=CCN(C(=O)CN=O)CC1)c1ccccc1.CNC=O.COCC[C@H]1CC[C@@H](c2ccc(F)c(F)c2)O1. The summed E-state index contributed by atoms with van der Waals surface area (Å²) in [4.78, 5) is 32.7. The zero-order chi connectivity index (χ0) is 34.6. The van der Waals surface area contributed by atoms with Gasteiger partial charge in [0.2, 0.25) is 12.3 Å². The van der Waals surface area contributed by atoms with E-state index in [0.29, 0.717) is 31.7 Å². The molecule has 0 unspecified atom stereocenters. The highest BCUT2D eigenvalue weighted by atomic mass is 19.2. The number of hydrogen-bond donors (Lipinski definition) is 2. The van der Waals surface area contributed by atoms with Crippen molar-refractivity contribution in [1.29, 1.82) is 0 Å². The van der Waals surface area contributed by atoms with Gasteiger partial charge >= 0.3 is 0 Å². The van der Waals surface area contributed by atoms with Crippen molar-refractivity contribution in [2.45, 2.75) is 51.2 Å². The predicted molar refractivity (Wildman–Crippen MR) is 180 cm³/mol. The maximum atomic E-state index is 13.1. The molecule has 0 spiro atoms. The molecule has 2 aromatic carbocycles. The number of carbonyl (C=O) groups is 2. The molecule has 0 saturated carbocycles. The Morgan fingerprint density at radius 1 is 1.17 bits per heavy atom. The average molecular weight is 657 g/mol. The number of rotatable bonds is 13. The molecule has 0 radical (unpaired) electrons. The lowest BCUT2D eigenvalue weighted by Gasteiger charge is -2.27. The van der Waals surface area contributed by atoms with E-state index in [0.717, 1.165) is 55.3 Å². The van der Waals surface area contributed by atoms with Crippen molar-refractivity contribution in [2.75, 3.05) is 52.5 Å². The van der Waals surface area contributed by atoms with Crippen LogP contribution in [0.1, 0.15) is 50.7 Å². The lowest BCUT2D eigenvalue weighted by atomic mass is 10.00. The van der Waals surface area contributed by atoms with Crippen LogP contribution in [0.2, 0.25) is 0 Å². The van der Waals surface area contributed by atoms with Crippen LogP contribution in [0.4, 0.5) is 14.5 Å². The highest BCUT2D eigenvalue weighted by Crippen LogP contribution is 2.34. The van der Waals surface area contributed by atoms with E-state index in [4.69, 9.17) is 14.3 Å². The summed E-state index contributed by atoms with van der Waals surface area (Å²) in [6.45, 7) is 7.26. The van der Waals surface area contributed by atoms with Gasteiger partial charge in [0.15, 0.2) is 18.2 Å². The van der Waals surface area contributed by atoms with Crippen LogP contribution in [0.3, 0.4) is 0 Å². The molecular formula is C34H46F2N6O5. The van der Waals surface area contributed by atoms with Crippen LogP contribution in [0.15, 0.2) is 81.9 Å². The fraction of sp³-hybridized carbons (Fsp3) is 0.441. The van der Waals surface area contributed by atoms with E-state index in [9.17, 15) is 18.5 Å². The highest BCUT2D eigenvalue weighted by Gasteiger charge is 2.26. The Labute approximate surface area is 275 Å². The van der Waals surface area contributed by atoms with Crippen LogP contribution in [0, 0.1) is 16.5 Å². The van der Waals surface area contributed by atoms with Gasteiger partial charge in [-0.1, -0.05) is 41.1 Å². The largest absolute Gasteiger partial charge is 0.385 e. The summed E-state index contributed by atoms with van der Waals surface area (Å²) in [5.74, 6) is -0.963. The zero-order valence-electron chi connectivity index (χ0n) is 27.6. The highest BCUT2D eigenvalue weighted by molar-refractivity contribution is 5.78. The molecule has 13 heteroatoms. The van der Waals surface area contributed by atoms with Gasteiger partial charge in [-0.2, -0.15) is 10.0 Å². The smallest absolute Gasteiger partial charge is 0.248 e. The number of benzene rings is 2. The first-order valence-electron chi connectivity index (χ1n) is 15.4. The number of nitroso groups, excluding NO2 is 1. The quantitative estimate of drug-likeness (QED) is 0.0965. The number of halogens is 2. The van der Waals surface area contributed by atoms with Crippen molar-refractivity contribution in [1.82, 2.24) is 15.5 Å². The predicted octanol–water partition coefficient (Wildman–Crippen LogP) is 5.46. The summed E-state index contributed by atoms with van der Waals surface area (Å²) in [6.07, 6.45) is 6.91. The molecule has 4 rings (SSSR count). The second kappa shape index (κ2) is 21.3. The topological polar surface area (TPSA) is 125 Å². The Hall–Kier alpha value is -4.49. The number of ether oxygens (including phenoxy) is 2. The van der Waals surface area contributed by atoms with Gasteiger partial charge in [-0.25, -0.2) is 13.8 Å². The molecule has 0 aromatic heterocycles. The summed E-state index contributed by atoms with van der Waals surface area (Å²) in [7, 11) is 5.08. The molecule has 11 nitrogen and oxygen atoms in total. The summed E-state index contributed by atoms with van der Waals surface area (Å²) in [5, 5.41) is 14.1. The first-order chi connectivity index (χ1) is 22.7. The summed E-state index contributed by atoms with van der Waals surface area (Å²) in [6, 6.07) is 13.8. The normalized spacial score (nSPS) is 17.4. The fourth-order valence-corrected chi connectivity index (χ4v) is 5.15. The summed E-state index contributed by atoms with van der Waals surface area (Å²) >= 11 is 0. The van der Waals surface area contributed by atoms with E-state index >= 15 is 0 Å². The molecule has 2 atom stereocenters. The Morgan fingerprint density at radius 3 is 2.45 bits per heavy atom. The number of anilines is 1. The molecule has 2 aliphatic rings. The van der Waals surface area contributed by atoms with Gasteiger partial charge in [0.1, 0.15) is 5.82 Å². The minimum atomic E-state index is -0.817. The third-order valence-corrected chi connectivity index (χ3v) is 7.53. The molecular weight excluding hydrogens is 610 g/mol. The zero-order valence-corrected chi connectivity index (χ0v) is 27.6. The van der Waals surface area contributed by atoms with E-state index in [1.165, 1.54) is 11.6 Å². The Kier molecular flexibility index (Phi) is 17.6. The number of amides is 2. The van der Waals surface area contributed by atoms with Gasteiger partial charge in [0, 0.05) is 47.6 Å². The lowest BCUT2D eigenvalue weighted by molar-refractivity contribution is -0.129. The molecule has 0 aliphatic carbocycles. The molecule has 2 N–H and O–H groups in total. The molecule has 2 aliphatic heterocycles. The van der Waals surface area contributed by atoms with Gasteiger partial charge in [0.25, 0.3) is 0 Å². The van der Waals surface area contributed by atoms with E-state index in [1.807, 2.05) is 37.4 Å². The number of carbonyl (C=O) groups excluding carboxylic acids is 2. The average Bonchev–Trinajstić information content (AvgIpc) is 3.57. The maximum Gasteiger partial charge on any atom is 0.248 e. The number of methoxy groups -OCH3 is 1. The minimum absolute atomic E-state index is 0.119. The van der Waals surface area contributed by atoms with Crippen molar-refractivity contribution in [3.63, 3.8) is 0 Å². The minimum Gasteiger partial charge on any atom is -0.385 e. The first kappa shape index (κ1) is 38.7. The van der Waals surface area contributed by atoms with Gasteiger partial charge in [-0.15, -0.1) is 0 Å². The Bertz CT molecular complexity index is 1360. The van der Waals surface area contributed by atoms with E-state index < -0.39 is 11.6 Å². The molecule has 1 fully saturated rings. The van der Waals surface area contributed by atoms with Gasteiger partial charge in [0.05, 0.1) is 17.9 Å². The number of para-hydroxylation sites is 1. The number of hydrogen-bond acceptors (Lipinski definition) is 9. The van der Waals surface area contributed by atoms with Crippen molar-refractivity contribution in [2.24, 2.45) is 10.3 Å². The van der Waals surface area contributed by atoms with Crippen molar-refractivity contribution in [3.05, 3.63) is 93.7 Å². The van der Waals surface area contributed by atoms with Crippen LogP contribution in [-0.2, 0) is 19.1 Å². The van der Waals surface area contributed by atoms with E-state index in [2.05, 4.69) is 40.6 Å². The second-order valence-corrected chi connectivity index (χ2v) is 10.8. The van der Waals surface area contributed by atoms with Crippen molar-refractivity contribution in [3.8, 4) is 0 Å². The molecule has 2 amide bonds. The van der Waals surface area contributed by atoms with Crippen molar-refractivity contribution < 1.29 is 27.8 Å². The maximum absolute atomic E-state index is 13.1. The second-order valence-electron chi connectivity index (χ2n) is 10.8. The Morgan fingerprint density at radius 2 is 1.89 bits per heavy atom. The molecule has 256 valence electrons. The monoisotopic (exact) mass is 656 g/mol. The van der Waals surface area contributed by atoms with Crippen LogP contribution < -0.4 is 15.6 Å². The van der Waals surface area contributed by atoms with E-state index in [1.54, 1.807) is 30.1 Å². The third kappa shape index (κ3) is 12.7. The fourth-order valence-electron chi connectivity index (χ4n) is 5.15. The van der Waals surface area contributed by atoms with Crippen LogP contribution in [0.25, 0.3) is 0 Å². The first-order valence-corrected chi connectivity index (χ1v) is 15.4. The van der Waals surface area contributed by atoms with Crippen molar-refractivity contribution >= 4 is 24.7 Å². The number of nitrogens with one attached hydrogen (secondary N) is 2. The lowest BCUT2D eigenvalue weighted by Crippen LogP contribution is -2.36. The van der Waals surface area contributed by atoms with E-state index in [-0.39, 0.29) is 24.7 Å². The van der Waals surface area contributed by atoms with Crippen LogP contribution in [0.5, 0.6) is 0 Å². The third-order valence-electron chi connectivity index (χ3n) is 7.53. The van der Waals surface area contributed by atoms with Gasteiger partial charge < -0.3 is 25.0 Å². The molecule has 0 bridgehead atoms. The standard InChI is InChI=1S/C19H25N5O2.C13H16F2O2.C2H5NO/c1-15(13-16-9-11-23(12-10-16)18(25)14-22-26)19(20-2)24(21-3)17-7-5-4-6-8-17;1-16-7-6-10-3-5-13(17-10)9-2-4-11(14)12(15)8-9;1-3-2-4/h4-9,20H,3,10-14H2,1-2H3;2,4,8,10,13H,3,5-7H2,1H3;2H,1H3,(H,3,4)/b19-15-;;/t;10-,13+;/m.1./s1. The number of nitrogens with zero attached hydrogens (tertiary/aromatic N) is 4. The van der Waals surface area contributed by atoms with Gasteiger partial charge in [-0.3, -0.25) is 9.59 Å². The molecule has 47 heavy (non-hydrogen) atoms. The number of hydrazone groups is 1. The molecule has 1 saturated heterocycles. The summed E-state index contributed by atoms with van der Waals surface area (Å²) < 4.78 is 36.6. The van der Waals surface area contributed by atoms with Gasteiger partial charge in [-0.05, 0) is 74.4 Å². The summed E-state index contributed by atoms with van der Waals surface area (Å²) in [5.41, 5.74) is 4.03. The molecule has 2 heterocycles. The van der Waals surface area contributed by atoms with Crippen LogP contribution >= 0.6 is 0 Å². The molecule has 2 aromatic rings. The Balaban J connectivity index is 0.000000313.